The van der Waals surface area contributed by atoms with E-state index >= 15 is 0 Å². The van der Waals surface area contributed by atoms with Gasteiger partial charge in [-0.2, -0.15) is 0 Å². The number of carbonyl (C=O) groups excluding carboxylic acids is 2. The maximum atomic E-state index is 13.0. The average molecular weight is 430 g/mol. The molecule has 6 nitrogen and oxygen atoms in total. The van der Waals surface area contributed by atoms with E-state index in [4.69, 9.17) is 21.1 Å². The third-order valence-electron chi connectivity index (χ3n) is 5.21. The van der Waals surface area contributed by atoms with E-state index in [-0.39, 0.29) is 35.8 Å². The van der Waals surface area contributed by atoms with Gasteiger partial charge in [0.1, 0.15) is 11.5 Å². The van der Waals surface area contributed by atoms with Crippen molar-refractivity contribution in [2.45, 2.75) is 19.9 Å². The van der Waals surface area contributed by atoms with Crippen molar-refractivity contribution < 1.29 is 24.2 Å². The average Bonchev–Trinajstić information content (AvgIpc) is 2.96. The lowest BCUT2D eigenvalue weighted by atomic mass is 9.92. The molecule has 30 heavy (non-hydrogen) atoms. The summed E-state index contributed by atoms with van der Waals surface area (Å²) in [5, 5.41) is 11.6. The molecule has 7 heteroatoms. The topological polar surface area (TPSA) is 76.1 Å². The minimum atomic E-state index is -0.753. The number of hydrogen-bond acceptors (Lipinski definition) is 5. The summed E-state index contributed by atoms with van der Waals surface area (Å²) < 4.78 is 10.5. The van der Waals surface area contributed by atoms with Crippen molar-refractivity contribution in [3.8, 4) is 5.75 Å². The summed E-state index contributed by atoms with van der Waals surface area (Å²) in [4.78, 5) is 27.3. The number of amides is 1. The first-order chi connectivity index (χ1) is 14.3. The Labute approximate surface area is 180 Å². The Morgan fingerprint density at radius 3 is 2.50 bits per heavy atom. The zero-order valence-electron chi connectivity index (χ0n) is 17.4. The van der Waals surface area contributed by atoms with E-state index in [1.165, 1.54) is 19.1 Å². The predicted molar refractivity (Wildman–Crippen MR) is 115 cm³/mol. The summed E-state index contributed by atoms with van der Waals surface area (Å²) in [7, 11) is 2.96. The minimum absolute atomic E-state index is 0.00497. The van der Waals surface area contributed by atoms with E-state index in [1.807, 2.05) is 38.1 Å². The second-order valence-electron chi connectivity index (χ2n) is 7.17. The lowest BCUT2D eigenvalue weighted by Gasteiger charge is -2.26. The van der Waals surface area contributed by atoms with Gasteiger partial charge in [0.05, 0.1) is 35.9 Å². The molecule has 1 aliphatic rings. The van der Waals surface area contributed by atoms with Gasteiger partial charge in [0.25, 0.3) is 11.7 Å². The third kappa shape index (κ3) is 3.80. The zero-order chi connectivity index (χ0) is 22.0. The highest BCUT2D eigenvalue weighted by Gasteiger charge is 2.46. The van der Waals surface area contributed by atoms with Crippen LogP contribution in [0.2, 0.25) is 5.02 Å². The number of aliphatic hydroxyl groups excluding tert-OH is 1. The van der Waals surface area contributed by atoms with Crippen molar-refractivity contribution in [2.75, 3.05) is 27.4 Å². The molecule has 0 aromatic heterocycles. The molecule has 158 valence electrons. The molecule has 1 aliphatic heterocycles. The molecule has 1 saturated heterocycles. The third-order valence-corrected chi connectivity index (χ3v) is 5.49. The van der Waals surface area contributed by atoms with Crippen LogP contribution in [-0.4, -0.2) is 49.1 Å². The number of ketones is 1. The fourth-order valence-corrected chi connectivity index (χ4v) is 4.13. The Morgan fingerprint density at radius 1 is 1.17 bits per heavy atom. The normalized spacial score (nSPS) is 18.2. The summed E-state index contributed by atoms with van der Waals surface area (Å²) in [5.41, 5.74) is 2.71. The van der Waals surface area contributed by atoms with Gasteiger partial charge in [-0.05, 0) is 42.7 Å². The molecule has 1 fully saturated rings. The van der Waals surface area contributed by atoms with Gasteiger partial charge in [0.15, 0.2) is 0 Å². The van der Waals surface area contributed by atoms with Crippen LogP contribution in [0.1, 0.15) is 28.3 Å². The first-order valence-corrected chi connectivity index (χ1v) is 9.87. The summed E-state index contributed by atoms with van der Waals surface area (Å²) >= 11 is 6.29. The second kappa shape index (κ2) is 8.90. The van der Waals surface area contributed by atoms with Crippen molar-refractivity contribution in [1.82, 2.24) is 4.90 Å². The number of carbonyl (C=O) groups is 2. The smallest absolute Gasteiger partial charge is 0.295 e. The van der Waals surface area contributed by atoms with Crippen LogP contribution in [0.5, 0.6) is 5.75 Å². The van der Waals surface area contributed by atoms with Crippen LogP contribution in [-0.2, 0) is 14.3 Å². The molecule has 2 aromatic carbocycles. The Balaban J connectivity index is 2.28. The van der Waals surface area contributed by atoms with Crippen LogP contribution in [0, 0.1) is 13.8 Å². The fourth-order valence-electron chi connectivity index (χ4n) is 3.77. The van der Waals surface area contributed by atoms with Crippen molar-refractivity contribution in [1.29, 1.82) is 0 Å². The highest BCUT2D eigenvalue weighted by molar-refractivity contribution is 6.46. The molecule has 3 rings (SSSR count). The molecule has 1 unspecified atom stereocenters. The Bertz CT molecular complexity index is 1030. The molecule has 0 bridgehead atoms. The van der Waals surface area contributed by atoms with Crippen molar-refractivity contribution in [3.05, 3.63) is 69.2 Å². The molecular formula is C23H24ClNO5. The van der Waals surface area contributed by atoms with Gasteiger partial charge >= 0.3 is 0 Å². The van der Waals surface area contributed by atoms with Gasteiger partial charge in [-0.15, -0.1) is 0 Å². The molecule has 1 amide bonds. The van der Waals surface area contributed by atoms with Gasteiger partial charge in [0, 0.05) is 13.7 Å². The van der Waals surface area contributed by atoms with Gasteiger partial charge in [-0.25, -0.2) is 0 Å². The molecule has 0 spiro atoms. The van der Waals surface area contributed by atoms with Crippen LogP contribution < -0.4 is 4.74 Å². The highest BCUT2D eigenvalue weighted by atomic mass is 35.5. The molecule has 2 aromatic rings. The number of hydrogen-bond donors (Lipinski definition) is 1. The van der Waals surface area contributed by atoms with Crippen LogP contribution in [0.4, 0.5) is 0 Å². The maximum absolute atomic E-state index is 13.0. The number of benzene rings is 2. The first-order valence-electron chi connectivity index (χ1n) is 9.49. The second-order valence-corrected chi connectivity index (χ2v) is 7.58. The number of aryl methyl sites for hydroxylation is 2. The van der Waals surface area contributed by atoms with E-state index in [0.29, 0.717) is 5.02 Å². The monoisotopic (exact) mass is 429 g/mol. The molecule has 1 atom stereocenters. The van der Waals surface area contributed by atoms with Crippen LogP contribution in [0.3, 0.4) is 0 Å². The number of halogens is 1. The van der Waals surface area contributed by atoms with Crippen molar-refractivity contribution in [3.63, 3.8) is 0 Å². The quantitative estimate of drug-likeness (QED) is 0.426. The molecule has 0 radical (unpaired) electrons. The van der Waals surface area contributed by atoms with E-state index in [1.54, 1.807) is 12.1 Å². The van der Waals surface area contributed by atoms with E-state index in [2.05, 4.69) is 0 Å². The number of likely N-dealkylation sites (tertiary alicyclic amines) is 1. The van der Waals surface area contributed by atoms with E-state index < -0.39 is 17.7 Å². The summed E-state index contributed by atoms with van der Waals surface area (Å²) in [6.07, 6.45) is 0. The summed E-state index contributed by atoms with van der Waals surface area (Å²) in [6, 6.07) is 10.1. The number of aliphatic hydroxyl groups is 1. The standard InChI is InChI=1S/C23H24ClNO5/c1-13-11-16(22(30-4)17(24)12-13)20(26)18-19(15-8-6-5-7-14(15)2)25(9-10-29-3)23(28)21(18)27/h5-8,11-12,19,26H,9-10H2,1-4H3/b20-18+. The number of Topliss-reactive ketones (excluding diaryl/α,β-unsaturated/α-hetero) is 1. The lowest BCUT2D eigenvalue weighted by molar-refractivity contribution is -0.140. The van der Waals surface area contributed by atoms with Crippen molar-refractivity contribution in [2.24, 2.45) is 0 Å². The predicted octanol–water partition coefficient (Wildman–Crippen LogP) is 4.03. The largest absolute Gasteiger partial charge is 0.507 e. The van der Waals surface area contributed by atoms with E-state index in [0.717, 1.165) is 16.7 Å². The maximum Gasteiger partial charge on any atom is 0.295 e. The molecule has 0 aliphatic carbocycles. The van der Waals surface area contributed by atoms with Crippen molar-refractivity contribution >= 4 is 29.1 Å². The molecule has 1 N–H and O–H groups in total. The van der Waals surface area contributed by atoms with E-state index in [9.17, 15) is 14.7 Å². The Hall–Kier alpha value is -2.83. The number of ether oxygens (including phenoxy) is 2. The van der Waals surface area contributed by atoms with Gasteiger partial charge in [0.2, 0.25) is 0 Å². The van der Waals surface area contributed by atoms with Crippen LogP contribution >= 0.6 is 11.6 Å². The van der Waals surface area contributed by atoms with Crippen LogP contribution in [0.25, 0.3) is 5.76 Å². The molecule has 1 heterocycles. The molecule has 0 saturated carbocycles. The number of rotatable bonds is 6. The summed E-state index contributed by atoms with van der Waals surface area (Å²) in [5.74, 6) is -1.51. The fraction of sp³-hybridized carbons (Fsp3) is 0.304. The Kier molecular flexibility index (Phi) is 6.48. The van der Waals surface area contributed by atoms with Gasteiger partial charge < -0.3 is 19.5 Å². The summed E-state index contributed by atoms with van der Waals surface area (Å²) in [6.45, 7) is 4.19. The van der Waals surface area contributed by atoms with Crippen LogP contribution in [0.15, 0.2) is 42.0 Å². The minimum Gasteiger partial charge on any atom is -0.507 e. The number of methoxy groups -OCH3 is 2. The SMILES string of the molecule is COCCN1C(=O)C(=O)/C(=C(/O)c2cc(C)cc(Cl)c2OC)C1c1ccccc1C. The lowest BCUT2D eigenvalue weighted by Crippen LogP contribution is -2.33. The zero-order valence-corrected chi connectivity index (χ0v) is 18.1. The van der Waals surface area contributed by atoms with Gasteiger partial charge in [-0.1, -0.05) is 35.9 Å². The Morgan fingerprint density at radius 2 is 1.87 bits per heavy atom. The highest BCUT2D eigenvalue weighted by Crippen LogP contribution is 2.43. The number of nitrogens with zero attached hydrogens (tertiary/aromatic N) is 1. The molecular weight excluding hydrogens is 406 g/mol. The van der Waals surface area contributed by atoms with Gasteiger partial charge in [-0.3, -0.25) is 9.59 Å². The first kappa shape index (κ1) is 21.9.